The van der Waals surface area contributed by atoms with Crippen molar-refractivity contribution in [3.05, 3.63) is 35.9 Å². The van der Waals surface area contributed by atoms with Crippen LogP contribution >= 0.6 is 0 Å². The Morgan fingerprint density at radius 2 is 2.00 bits per heavy atom. The first-order valence-electron chi connectivity index (χ1n) is 6.67. The van der Waals surface area contributed by atoms with Crippen molar-refractivity contribution in [3.63, 3.8) is 0 Å². The largest absolute Gasteiger partial charge is 0.370 e. The normalized spacial score (nSPS) is 22.5. The van der Waals surface area contributed by atoms with E-state index in [4.69, 9.17) is 5.73 Å². The molecule has 0 spiro atoms. The first-order chi connectivity index (χ1) is 9.08. The van der Waals surface area contributed by atoms with Gasteiger partial charge in [0.25, 0.3) is 0 Å². The number of benzene rings is 1. The Morgan fingerprint density at radius 3 is 2.58 bits per heavy atom. The highest BCUT2D eigenvalue weighted by molar-refractivity contribution is 5.78. The van der Waals surface area contributed by atoms with Crippen LogP contribution in [0, 0.1) is 5.92 Å². The molecule has 0 radical (unpaired) electrons. The van der Waals surface area contributed by atoms with Crippen molar-refractivity contribution in [2.75, 3.05) is 6.54 Å². The number of amides is 2. The molecule has 0 aliphatic carbocycles. The summed E-state index contributed by atoms with van der Waals surface area (Å²) in [5.74, 6) is 0.0109. The highest BCUT2D eigenvalue weighted by atomic mass is 16.2. The number of nitrogens with two attached hydrogens (primary N) is 1. The maximum atomic E-state index is 11.6. The molecule has 0 aromatic heterocycles. The molecule has 1 saturated heterocycles. The third-order valence-corrected chi connectivity index (χ3v) is 3.84. The summed E-state index contributed by atoms with van der Waals surface area (Å²) in [5.41, 5.74) is 6.56. The third kappa shape index (κ3) is 3.34. The predicted octanol–water partition coefficient (Wildman–Crippen LogP) is 1.34. The summed E-state index contributed by atoms with van der Waals surface area (Å²) < 4.78 is 0. The van der Waals surface area contributed by atoms with Gasteiger partial charge < -0.3 is 10.6 Å². The highest BCUT2D eigenvalue weighted by Crippen LogP contribution is 2.29. The Morgan fingerprint density at radius 1 is 1.32 bits per heavy atom. The third-order valence-electron chi connectivity index (χ3n) is 3.84. The summed E-state index contributed by atoms with van der Waals surface area (Å²) in [5, 5.41) is 0. The summed E-state index contributed by atoms with van der Waals surface area (Å²) in [6.45, 7) is 2.28. The van der Waals surface area contributed by atoms with Crippen LogP contribution in [-0.4, -0.2) is 29.3 Å². The number of hydrogen-bond donors (Lipinski definition) is 1. The fourth-order valence-electron chi connectivity index (χ4n) is 2.95. The minimum absolute atomic E-state index is 0.0295. The number of primary amides is 1. The Kier molecular flexibility index (Phi) is 4.20. The standard InChI is InChI=1S/C15H20N2O2/c1-11(18)17-8-7-13(14(17)10-15(16)19)9-12-5-3-2-4-6-12/h2-6,13-14H,7-10H2,1H3,(H2,16,19). The molecule has 2 unspecified atom stereocenters. The molecule has 102 valence electrons. The predicted molar refractivity (Wildman–Crippen MR) is 73.2 cm³/mol. The van der Waals surface area contributed by atoms with Gasteiger partial charge >= 0.3 is 0 Å². The second-order valence-electron chi connectivity index (χ2n) is 5.19. The average Bonchev–Trinajstić information content (AvgIpc) is 2.73. The maximum Gasteiger partial charge on any atom is 0.219 e. The van der Waals surface area contributed by atoms with Crippen molar-refractivity contribution in [2.24, 2.45) is 11.7 Å². The van der Waals surface area contributed by atoms with E-state index in [0.29, 0.717) is 5.92 Å². The van der Waals surface area contributed by atoms with E-state index in [2.05, 4.69) is 12.1 Å². The molecule has 1 aromatic rings. The Bertz CT molecular complexity index is 458. The molecule has 0 saturated carbocycles. The van der Waals surface area contributed by atoms with Gasteiger partial charge in [-0.2, -0.15) is 0 Å². The van der Waals surface area contributed by atoms with Gasteiger partial charge in [-0.1, -0.05) is 30.3 Å². The summed E-state index contributed by atoms with van der Waals surface area (Å²) >= 11 is 0. The Labute approximate surface area is 113 Å². The van der Waals surface area contributed by atoms with Crippen molar-refractivity contribution >= 4 is 11.8 Å². The first-order valence-corrected chi connectivity index (χ1v) is 6.67. The topological polar surface area (TPSA) is 63.4 Å². The van der Waals surface area contributed by atoms with Gasteiger partial charge in [0.2, 0.25) is 11.8 Å². The van der Waals surface area contributed by atoms with E-state index in [1.165, 1.54) is 5.56 Å². The summed E-state index contributed by atoms with van der Waals surface area (Å²) in [7, 11) is 0. The van der Waals surface area contributed by atoms with Gasteiger partial charge in [-0.25, -0.2) is 0 Å². The van der Waals surface area contributed by atoms with E-state index >= 15 is 0 Å². The molecule has 1 aliphatic rings. The Hall–Kier alpha value is -1.84. The van der Waals surface area contributed by atoms with Crippen LogP contribution in [0.2, 0.25) is 0 Å². The van der Waals surface area contributed by atoms with Crippen molar-refractivity contribution in [2.45, 2.75) is 32.2 Å². The van der Waals surface area contributed by atoms with Crippen molar-refractivity contribution < 1.29 is 9.59 Å². The van der Waals surface area contributed by atoms with Crippen LogP contribution < -0.4 is 5.73 Å². The number of carbonyl (C=O) groups excluding carboxylic acids is 2. The number of hydrogen-bond acceptors (Lipinski definition) is 2. The van der Waals surface area contributed by atoms with Crippen LogP contribution in [0.3, 0.4) is 0 Å². The quantitative estimate of drug-likeness (QED) is 0.888. The van der Waals surface area contributed by atoms with Crippen LogP contribution in [-0.2, 0) is 16.0 Å². The van der Waals surface area contributed by atoms with E-state index in [-0.39, 0.29) is 24.3 Å². The minimum atomic E-state index is -0.337. The number of nitrogens with zero attached hydrogens (tertiary/aromatic N) is 1. The number of likely N-dealkylation sites (tertiary alicyclic amines) is 1. The molecule has 2 atom stereocenters. The van der Waals surface area contributed by atoms with Crippen molar-refractivity contribution in [1.82, 2.24) is 4.90 Å². The zero-order valence-corrected chi connectivity index (χ0v) is 11.2. The van der Waals surface area contributed by atoms with Crippen molar-refractivity contribution in [3.8, 4) is 0 Å². The van der Waals surface area contributed by atoms with Gasteiger partial charge in [0.1, 0.15) is 0 Å². The number of carbonyl (C=O) groups is 2. The maximum absolute atomic E-state index is 11.6. The van der Waals surface area contributed by atoms with Gasteiger partial charge in [-0.15, -0.1) is 0 Å². The molecule has 4 nitrogen and oxygen atoms in total. The number of rotatable bonds is 4. The van der Waals surface area contributed by atoms with E-state index in [1.807, 2.05) is 18.2 Å². The highest BCUT2D eigenvalue weighted by Gasteiger charge is 2.36. The summed E-state index contributed by atoms with van der Waals surface area (Å²) in [6.07, 6.45) is 2.09. The van der Waals surface area contributed by atoms with Crippen LogP contribution in [0.1, 0.15) is 25.3 Å². The van der Waals surface area contributed by atoms with Gasteiger partial charge in [0.05, 0.1) is 0 Å². The lowest BCUT2D eigenvalue weighted by Crippen LogP contribution is -2.39. The average molecular weight is 260 g/mol. The van der Waals surface area contributed by atoms with Gasteiger partial charge in [0.15, 0.2) is 0 Å². The smallest absolute Gasteiger partial charge is 0.219 e. The fourth-order valence-corrected chi connectivity index (χ4v) is 2.95. The SMILES string of the molecule is CC(=O)N1CCC(Cc2ccccc2)C1CC(N)=O. The molecule has 1 heterocycles. The second-order valence-corrected chi connectivity index (χ2v) is 5.19. The lowest BCUT2D eigenvalue weighted by molar-refractivity contribution is -0.131. The molecule has 1 aliphatic heterocycles. The van der Waals surface area contributed by atoms with E-state index in [0.717, 1.165) is 19.4 Å². The van der Waals surface area contributed by atoms with Crippen LogP contribution in [0.4, 0.5) is 0 Å². The second kappa shape index (κ2) is 5.87. The van der Waals surface area contributed by atoms with Crippen LogP contribution in [0.5, 0.6) is 0 Å². The summed E-state index contributed by atoms with van der Waals surface area (Å²) in [6, 6.07) is 10.1. The molecule has 1 fully saturated rings. The lowest BCUT2D eigenvalue weighted by Gasteiger charge is -2.26. The zero-order valence-electron chi connectivity index (χ0n) is 11.2. The lowest BCUT2D eigenvalue weighted by atomic mass is 9.90. The van der Waals surface area contributed by atoms with E-state index < -0.39 is 0 Å². The molecule has 19 heavy (non-hydrogen) atoms. The molecule has 1 aromatic carbocycles. The van der Waals surface area contributed by atoms with Gasteiger partial charge in [0, 0.05) is 25.9 Å². The fraction of sp³-hybridized carbons (Fsp3) is 0.467. The molecule has 2 rings (SSSR count). The molecule has 4 heteroatoms. The first kappa shape index (κ1) is 13.6. The van der Waals surface area contributed by atoms with Gasteiger partial charge in [-0.3, -0.25) is 9.59 Å². The molecular formula is C15H20N2O2. The Balaban J connectivity index is 2.10. The van der Waals surface area contributed by atoms with Crippen LogP contribution in [0.25, 0.3) is 0 Å². The van der Waals surface area contributed by atoms with Crippen LogP contribution in [0.15, 0.2) is 30.3 Å². The molecular weight excluding hydrogens is 240 g/mol. The van der Waals surface area contributed by atoms with E-state index in [1.54, 1.807) is 11.8 Å². The summed E-state index contributed by atoms with van der Waals surface area (Å²) in [4.78, 5) is 24.6. The molecule has 2 N–H and O–H groups in total. The monoisotopic (exact) mass is 260 g/mol. The van der Waals surface area contributed by atoms with E-state index in [9.17, 15) is 9.59 Å². The van der Waals surface area contributed by atoms with Gasteiger partial charge in [-0.05, 0) is 24.3 Å². The molecule has 0 bridgehead atoms. The minimum Gasteiger partial charge on any atom is -0.370 e. The molecule has 2 amide bonds. The zero-order chi connectivity index (χ0) is 13.8. The van der Waals surface area contributed by atoms with Crippen molar-refractivity contribution in [1.29, 1.82) is 0 Å².